The van der Waals surface area contributed by atoms with E-state index in [1.54, 1.807) is 4.68 Å². The Bertz CT molecular complexity index is 751. The standard InChI is InChI=1S/C12H9ClN6OS/c1-20-9-10(13)14-7-15-11(9)21-12-16-17-18-19(12)8-5-3-2-4-6-8/h2-7H,1H3. The smallest absolute Gasteiger partial charge is 0.220 e. The zero-order valence-electron chi connectivity index (χ0n) is 10.8. The zero-order valence-corrected chi connectivity index (χ0v) is 12.4. The number of rotatable bonds is 4. The van der Waals surface area contributed by atoms with Gasteiger partial charge < -0.3 is 4.74 Å². The van der Waals surface area contributed by atoms with Crippen LogP contribution in [0.15, 0.2) is 46.8 Å². The lowest BCUT2D eigenvalue weighted by Gasteiger charge is -2.07. The van der Waals surface area contributed by atoms with Crippen molar-refractivity contribution < 1.29 is 4.74 Å². The first-order valence-electron chi connectivity index (χ1n) is 5.85. The molecule has 3 rings (SSSR count). The number of para-hydroxylation sites is 1. The molecule has 3 aromatic rings. The van der Waals surface area contributed by atoms with E-state index in [0.29, 0.717) is 15.9 Å². The van der Waals surface area contributed by atoms with Crippen LogP contribution in [0.5, 0.6) is 5.75 Å². The van der Waals surface area contributed by atoms with Crippen molar-refractivity contribution in [2.45, 2.75) is 10.2 Å². The molecule has 0 aliphatic rings. The van der Waals surface area contributed by atoms with Crippen molar-refractivity contribution in [2.24, 2.45) is 0 Å². The molecule has 0 saturated carbocycles. The van der Waals surface area contributed by atoms with Crippen molar-refractivity contribution >= 4 is 23.4 Å². The van der Waals surface area contributed by atoms with Gasteiger partial charge in [0.15, 0.2) is 15.9 Å². The molecule has 0 aliphatic carbocycles. The molecule has 21 heavy (non-hydrogen) atoms. The topological polar surface area (TPSA) is 78.6 Å². The highest BCUT2D eigenvalue weighted by Gasteiger charge is 2.16. The highest BCUT2D eigenvalue weighted by atomic mass is 35.5. The summed E-state index contributed by atoms with van der Waals surface area (Å²) in [4.78, 5) is 8.03. The molecule has 0 bridgehead atoms. The summed E-state index contributed by atoms with van der Waals surface area (Å²) in [5.74, 6) is 0.395. The van der Waals surface area contributed by atoms with Crippen molar-refractivity contribution in [2.75, 3.05) is 7.11 Å². The number of aromatic nitrogens is 6. The molecule has 0 radical (unpaired) electrons. The second-order valence-corrected chi connectivity index (χ2v) is 5.13. The molecule has 7 nitrogen and oxygen atoms in total. The maximum atomic E-state index is 5.98. The molecule has 0 spiro atoms. The number of tetrazole rings is 1. The van der Waals surface area contributed by atoms with E-state index in [1.165, 1.54) is 25.2 Å². The van der Waals surface area contributed by atoms with Gasteiger partial charge in [-0.2, -0.15) is 4.68 Å². The van der Waals surface area contributed by atoms with Gasteiger partial charge in [-0.05, 0) is 34.3 Å². The maximum absolute atomic E-state index is 5.98. The summed E-state index contributed by atoms with van der Waals surface area (Å²) < 4.78 is 6.83. The molecule has 0 saturated heterocycles. The van der Waals surface area contributed by atoms with Gasteiger partial charge in [0, 0.05) is 0 Å². The molecular weight excluding hydrogens is 312 g/mol. The first kappa shape index (κ1) is 13.8. The van der Waals surface area contributed by atoms with E-state index >= 15 is 0 Å². The third kappa shape index (κ3) is 2.81. The number of methoxy groups -OCH3 is 1. The zero-order chi connectivity index (χ0) is 14.7. The Labute approximate surface area is 129 Å². The van der Waals surface area contributed by atoms with Crippen molar-refractivity contribution in [3.8, 4) is 11.4 Å². The predicted molar refractivity (Wildman–Crippen MR) is 76.9 cm³/mol. The fourth-order valence-electron chi connectivity index (χ4n) is 1.64. The Morgan fingerprint density at radius 3 is 2.76 bits per heavy atom. The number of halogens is 1. The van der Waals surface area contributed by atoms with Gasteiger partial charge in [-0.1, -0.05) is 29.8 Å². The Morgan fingerprint density at radius 2 is 2.00 bits per heavy atom. The van der Waals surface area contributed by atoms with Gasteiger partial charge in [-0.15, -0.1) is 5.10 Å². The Kier molecular flexibility index (Phi) is 3.98. The monoisotopic (exact) mass is 320 g/mol. The average Bonchev–Trinajstić information content (AvgIpc) is 2.97. The Balaban J connectivity index is 1.98. The van der Waals surface area contributed by atoms with Gasteiger partial charge in [-0.3, -0.25) is 0 Å². The second kappa shape index (κ2) is 6.06. The van der Waals surface area contributed by atoms with Crippen LogP contribution in [0.2, 0.25) is 5.15 Å². The van der Waals surface area contributed by atoms with E-state index in [2.05, 4.69) is 25.5 Å². The van der Waals surface area contributed by atoms with Gasteiger partial charge in [0.2, 0.25) is 5.16 Å². The van der Waals surface area contributed by atoms with Crippen LogP contribution in [0.1, 0.15) is 0 Å². The minimum atomic E-state index is 0.244. The molecule has 2 heterocycles. The largest absolute Gasteiger partial charge is 0.491 e. The van der Waals surface area contributed by atoms with Crippen LogP contribution < -0.4 is 4.74 Å². The van der Waals surface area contributed by atoms with Crippen LogP contribution in [-0.4, -0.2) is 37.3 Å². The summed E-state index contributed by atoms with van der Waals surface area (Å²) in [7, 11) is 1.51. The summed E-state index contributed by atoms with van der Waals surface area (Å²) >= 11 is 7.23. The fourth-order valence-corrected chi connectivity index (χ4v) is 2.76. The molecule has 9 heteroatoms. The molecule has 0 atom stereocenters. The molecule has 0 N–H and O–H groups in total. The van der Waals surface area contributed by atoms with E-state index in [-0.39, 0.29) is 5.15 Å². The number of benzene rings is 1. The summed E-state index contributed by atoms with van der Waals surface area (Å²) in [5.41, 5.74) is 0.851. The first-order valence-corrected chi connectivity index (χ1v) is 7.05. The first-order chi connectivity index (χ1) is 10.3. The third-order valence-corrected chi connectivity index (χ3v) is 3.75. The van der Waals surface area contributed by atoms with E-state index in [4.69, 9.17) is 16.3 Å². The summed E-state index contributed by atoms with van der Waals surface area (Å²) in [6.45, 7) is 0. The van der Waals surface area contributed by atoms with Crippen molar-refractivity contribution in [1.82, 2.24) is 30.2 Å². The van der Waals surface area contributed by atoms with Crippen LogP contribution in [-0.2, 0) is 0 Å². The van der Waals surface area contributed by atoms with Crippen LogP contribution in [0.25, 0.3) is 5.69 Å². The van der Waals surface area contributed by atoms with E-state index in [0.717, 1.165) is 5.69 Å². The van der Waals surface area contributed by atoms with Gasteiger partial charge in [0.25, 0.3) is 0 Å². The Hall–Kier alpha value is -2.19. The third-order valence-electron chi connectivity index (χ3n) is 2.56. The normalized spacial score (nSPS) is 10.6. The summed E-state index contributed by atoms with van der Waals surface area (Å²) in [6.07, 6.45) is 1.36. The molecule has 0 amide bonds. The van der Waals surface area contributed by atoms with Gasteiger partial charge in [0.1, 0.15) is 6.33 Å². The van der Waals surface area contributed by atoms with Crippen molar-refractivity contribution in [3.63, 3.8) is 0 Å². The van der Waals surface area contributed by atoms with E-state index in [9.17, 15) is 0 Å². The van der Waals surface area contributed by atoms with Crippen LogP contribution in [0.4, 0.5) is 0 Å². The number of ether oxygens (including phenoxy) is 1. The highest BCUT2D eigenvalue weighted by molar-refractivity contribution is 7.99. The maximum Gasteiger partial charge on any atom is 0.220 e. The Morgan fingerprint density at radius 1 is 1.19 bits per heavy atom. The minimum Gasteiger partial charge on any atom is -0.491 e. The van der Waals surface area contributed by atoms with E-state index < -0.39 is 0 Å². The molecule has 1 aromatic carbocycles. The molecular formula is C12H9ClN6OS. The summed E-state index contributed by atoms with van der Waals surface area (Å²) in [6, 6.07) is 9.56. The minimum absolute atomic E-state index is 0.244. The molecule has 106 valence electrons. The second-order valence-electron chi connectivity index (χ2n) is 3.81. The van der Waals surface area contributed by atoms with Crippen molar-refractivity contribution in [1.29, 1.82) is 0 Å². The quantitative estimate of drug-likeness (QED) is 0.682. The van der Waals surface area contributed by atoms with Crippen LogP contribution in [0.3, 0.4) is 0 Å². The van der Waals surface area contributed by atoms with Crippen LogP contribution >= 0.6 is 23.4 Å². The number of hydrogen-bond donors (Lipinski definition) is 0. The SMILES string of the molecule is COc1c(Cl)ncnc1Sc1nnnn1-c1ccccc1. The number of hydrogen-bond acceptors (Lipinski definition) is 7. The summed E-state index contributed by atoms with van der Waals surface area (Å²) in [5, 5.41) is 13.0. The van der Waals surface area contributed by atoms with Gasteiger partial charge >= 0.3 is 0 Å². The predicted octanol–water partition coefficient (Wildman–Crippen LogP) is 2.27. The van der Waals surface area contributed by atoms with E-state index in [1.807, 2.05) is 30.3 Å². The number of nitrogens with zero attached hydrogens (tertiary/aromatic N) is 6. The molecule has 2 aromatic heterocycles. The van der Waals surface area contributed by atoms with Gasteiger partial charge in [0.05, 0.1) is 12.8 Å². The van der Waals surface area contributed by atoms with Crippen molar-refractivity contribution in [3.05, 3.63) is 41.8 Å². The lowest BCUT2D eigenvalue weighted by atomic mass is 10.3. The lowest BCUT2D eigenvalue weighted by molar-refractivity contribution is 0.398. The molecule has 0 unspecified atom stereocenters. The fraction of sp³-hybridized carbons (Fsp3) is 0.0833. The average molecular weight is 321 g/mol. The van der Waals surface area contributed by atoms with Gasteiger partial charge in [-0.25, -0.2) is 9.97 Å². The molecule has 0 aliphatic heterocycles. The lowest BCUT2D eigenvalue weighted by Crippen LogP contribution is -1.99. The van der Waals surface area contributed by atoms with Crippen LogP contribution in [0, 0.1) is 0 Å². The molecule has 0 fully saturated rings. The highest BCUT2D eigenvalue weighted by Crippen LogP contribution is 2.35.